The molecule has 0 atom stereocenters. The molecule has 2 aromatic heterocycles. The molecule has 0 amide bonds. The van der Waals surface area contributed by atoms with Crippen molar-refractivity contribution in [3.63, 3.8) is 0 Å². The fourth-order valence-corrected chi connectivity index (χ4v) is 5.19. The van der Waals surface area contributed by atoms with E-state index in [1.54, 1.807) is 66.7 Å². The Morgan fingerprint density at radius 3 is 2.57 bits per heavy atom. The van der Waals surface area contributed by atoms with Crippen LogP contribution in [0.4, 0.5) is 5.69 Å². The van der Waals surface area contributed by atoms with Gasteiger partial charge >= 0.3 is 5.69 Å². The standard InChI is InChI=1S/C31H19Cl3N4O6/c1-42-27-11-17(10-25(38(40)41)29(27)43-16-18-6-7-21(33)14-23(18)34)15-35-37-30(36-24-5-3-2-4-22(24)31(37)39)28-13-19-12-20(32)8-9-26(19)44-28/h2-15H,16H2,1H3. The summed E-state index contributed by atoms with van der Waals surface area (Å²) >= 11 is 18.4. The minimum Gasteiger partial charge on any atom is -0.493 e. The molecule has 0 N–H and O–H groups in total. The van der Waals surface area contributed by atoms with E-state index in [2.05, 4.69) is 10.1 Å². The number of benzene rings is 4. The number of hydrogen-bond donors (Lipinski definition) is 0. The molecule has 4 aromatic carbocycles. The van der Waals surface area contributed by atoms with Crippen LogP contribution in [0.15, 0.2) is 93.2 Å². The average Bonchev–Trinajstić information content (AvgIpc) is 3.43. The highest BCUT2D eigenvalue weighted by atomic mass is 35.5. The number of nitrogens with zero attached hydrogens (tertiary/aromatic N) is 4. The van der Waals surface area contributed by atoms with Crippen molar-refractivity contribution in [2.75, 3.05) is 7.11 Å². The topological polar surface area (TPSA) is 122 Å². The Bertz CT molecular complexity index is 2180. The molecule has 0 aliphatic rings. The summed E-state index contributed by atoms with van der Waals surface area (Å²) < 4.78 is 18.3. The van der Waals surface area contributed by atoms with E-state index in [1.165, 1.54) is 25.5 Å². The van der Waals surface area contributed by atoms with Crippen LogP contribution in [0.5, 0.6) is 11.5 Å². The summed E-state index contributed by atoms with van der Waals surface area (Å²) in [7, 11) is 1.35. The van der Waals surface area contributed by atoms with Crippen LogP contribution in [0.1, 0.15) is 11.1 Å². The summed E-state index contributed by atoms with van der Waals surface area (Å²) in [5.41, 5.74) is 0.959. The van der Waals surface area contributed by atoms with Crippen molar-refractivity contribution in [3.05, 3.63) is 126 Å². The van der Waals surface area contributed by atoms with Crippen molar-refractivity contribution in [2.24, 2.45) is 5.10 Å². The van der Waals surface area contributed by atoms with Gasteiger partial charge in [-0.1, -0.05) is 53.0 Å². The number of nitro groups is 1. The van der Waals surface area contributed by atoms with Gasteiger partial charge in [0.1, 0.15) is 12.2 Å². The normalized spacial score (nSPS) is 11.5. The quantitative estimate of drug-likeness (QED) is 0.0926. The van der Waals surface area contributed by atoms with Crippen molar-refractivity contribution in [3.8, 4) is 23.1 Å². The summed E-state index contributed by atoms with van der Waals surface area (Å²) in [6.45, 7) is -0.0785. The molecule has 0 aliphatic heterocycles. The Balaban J connectivity index is 1.43. The summed E-state index contributed by atoms with van der Waals surface area (Å²) in [5.74, 6) is 0.366. The second-order valence-electron chi connectivity index (χ2n) is 9.46. The Labute approximate surface area is 263 Å². The second kappa shape index (κ2) is 12.0. The van der Waals surface area contributed by atoms with E-state index in [4.69, 9.17) is 48.7 Å². The van der Waals surface area contributed by atoms with Crippen molar-refractivity contribution in [1.82, 2.24) is 9.66 Å². The molecule has 44 heavy (non-hydrogen) atoms. The van der Waals surface area contributed by atoms with Crippen LogP contribution in [0.3, 0.4) is 0 Å². The monoisotopic (exact) mass is 648 g/mol. The summed E-state index contributed by atoms with van der Waals surface area (Å²) in [4.78, 5) is 29.7. The molecular weight excluding hydrogens is 631 g/mol. The molecule has 0 bridgehead atoms. The van der Waals surface area contributed by atoms with E-state index in [9.17, 15) is 14.9 Å². The maximum absolute atomic E-state index is 13.6. The van der Waals surface area contributed by atoms with Gasteiger partial charge in [-0.2, -0.15) is 9.78 Å². The molecule has 0 saturated heterocycles. The molecule has 0 unspecified atom stereocenters. The maximum atomic E-state index is 13.6. The number of halogens is 3. The number of rotatable bonds is 8. The van der Waals surface area contributed by atoms with E-state index in [0.29, 0.717) is 42.5 Å². The molecule has 0 spiro atoms. The van der Waals surface area contributed by atoms with E-state index in [0.717, 1.165) is 4.68 Å². The first kappa shape index (κ1) is 29.2. The van der Waals surface area contributed by atoms with Gasteiger partial charge < -0.3 is 13.9 Å². The highest BCUT2D eigenvalue weighted by Gasteiger charge is 2.23. The maximum Gasteiger partial charge on any atom is 0.315 e. The third-order valence-corrected chi connectivity index (χ3v) is 7.46. The first-order chi connectivity index (χ1) is 21.2. The van der Waals surface area contributed by atoms with Crippen molar-refractivity contribution in [1.29, 1.82) is 0 Å². The van der Waals surface area contributed by atoms with E-state index in [-0.39, 0.29) is 40.9 Å². The number of ether oxygens (including phenoxy) is 2. The van der Waals surface area contributed by atoms with Gasteiger partial charge in [-0.05, 0) is 54.6 Å². The molecule has 0 radical (unpaired) electrons. The molecule has 220 valence electrons. The van der Waals surface area contributed by atoms with Gasteiger partial charge in [0, 0.05) is 37.6 Å². The minimum atomic E-state index is -0.604. The number of fused-ring (bicyclic) bond motifs is 2. The van der Waals surface area contributed by atoms with Gasteiger partial charge in [0.25, 0.3) is 5.56 Å². The number of aromatic nitrogens is 2. The largest absolute Gasteiger partial charge is 0.493 e. The lowest BCUT2D eigenvalue weighted by Crippen LogP contribution is -2.20. The molecular formula is C31H19Cl3N4O6. The van der Waals surface area contributed by atoms with E-state index in [1.807, 2.05) is 0 Å². The van der Waals surface area contributed by atoms with E-state index < -0.39 is 10.5 Å². The van der Waals surface area contributed by atoms with Gasteiger partial charge in [0.2, 0.25) is 11.6 Å². The molecule has 10 nitrogen and oxygen atoms in total. The lowest BCUT2D eigenvalue weighted by atomic mass is 10.1. The highest BCUT2D eigenvalue weighted by molar-refractivity contribution is 6.35. The third kappa shape index (κ3) is 5.70. The SMILES string of the molecule is COc1cc(C=Nn2c(-c3cc4cc(Cl)ccc4o3)nc3ccccc3c2=O)cc([N+](=O)[O-])c1OCc1ccc(Cl)cc1Cl. The zero-order valence-electron chi connectivity index (χ0n) is 22.7. The molecule has 6 aromatic rings. The van der Waals surface area contributed by atoms with Crippen molar-refractivity contribution in [2.45, 2.75) is 6.61 Å². The van der Waals surface area contributed by atoms with Crippen LogP contribution in [-0.2, 0) is 6.61 Å². The molecule has 0 fully saturated rings. The van der Waals surface area contributed by atoms with Crippen molar-refractivity contribution < 1.29 is 18.8 Å². The summed E-state index contributed by atoms with van der Waals surface area (Å²) in [5, 5.41) is 18.8. The second-order valence-corrected chi connectivity index (χ2v) is 10.7. The van der Waals surface area contributed by atoms with Gasteiger partial charge in [-0.25, -0.2) is 4.98 Å². The third-order valence-electron chi connectivity index (χ3n) is 6.64. The molecule has 6 rings (SSSR count). The van der Waals surface area contributed by atoms with Crippen LogP contribution < -0.4 is 15.0 Å². The number of methoxy groups -OCH3 is 1. The van der Waals surface area contributed by atoms with Crippen LogP contribution in [0.25, 0.3) is 33.5 Å². The number of hydrogen-bond acceptors (Lipinski definition) is 8. The number of furan rings is 1. The lowest BCUT2D eigenvalue weighted by molar-refractivity contribution is -0.386. The van der Waals surface area contributed by atoms with E-state index >= 15 is 0 Å². The Morgan fingerprint density at radius 2 is 1.80 bits per heavy atom. The van der Waals surface area contributed by atoms with Gasteiger partial charge in [-0.3, -0.25) is 14.9 Å². The Hall–Kier alpha value is -4.90. The van der Waals surface area contributed by atoms with Gasteiger partial charge in [0.05, 0.1) is 29.2 Å². The Kier molecular flexibility index (Phi) is 7.96. The highest BCUT2D eigenvalue weighted by Crippen LogP contribution is 2.39. The number of nitro benzene ring substituents is 1. The predicted octanol–water partition coefficient (Wildman–Crippen LogP) is 8.15. The average molecular weight is 650 g/mol. The molecule has 13 heteroatoms. The zero-order valence-corrected chi connectivity index (χ0v) is 24.9. The van der Waals surface area contributed by atoms with Crippen LogP contribution in [-0.4, -0.2) is 27.9 Å². The molecule has 0 aliphatic carbocycles. The van der Waals surface area contributed by atoms with Gasteiger partial charge in [0.15, 0.2) is 11.5 Å². The molecule has 0 saturated carbocycles. The molecule has 2 heterocycles. The van der Waals surface area contributed by atoms with Gasteiger partial charge in [-0.15, -0.1) is 0 Å². The Morgan fingerprint density at radius 1 is 1.02 bits per heavy atom. The zero-order chi connectivity index (χ0) is 31.0. The van der Waals surface area contributed by atoms with Crippen LogP contribution >= 0.6 is 34.8 Å². The van der Waals surface area contributed by atoms with Crippen LogP contribution in [0.2, 0.25) is 15.1 Å². The first-order valence-corrected chi connectivity index (χ1v) is 14.0. The smallest absolute Gasteiger partial charge is 0.315 e. The fraction of sp³-hybridized carbons (Fsp3) is 0.0645. The van der Waals surface area contributed by atoms with Crippen molar-refractivity contribution >= 4 is 68.6 Å². The fourth-order valence-electron chi connectivity index (χ4n) is 4.54. The predicted molar refractivity (Wildman–Crippen MR) is 170 cm³/mol. The summed E-state index contributed by atoms with van der Waals surface area (Å²) in [6.07, 6.45) is 1.29. The van der Waals surface area contributed by atoms with Crippen LogP contribution in [0, 0.1) is 10.1 Å². The summed E-state index contributed by atoms with van der Waals surface area (Å²) in [6, 6.07) is 21.2. The first-order valence-electron chi connectivity index (χ1n) is 12.9. The lowest BCUT2D eigenvalue weighted by Gasteiger charge is -2.13. The minimum absolute atomic E-state index is 0.0732. The number of para-hydroxylation sites is 1.